The topological polar surface area (TPSA) is 0 Å². The van der Waals surface area contributed by atoms with E-state index in [1.807, 2.05) is 23.7 Å². The first kappa shape index (κ1) is 23.1. The molecule has 0 heterocycles. The van der Waals surface area contributed by atoms with Crippen molar-refractivity contribution >= 4 is 0 Å². The van der Waals surface area contributed by atoms with Crippen molar-refractivity contribution < 1.29 is 26.2 Å². The summed E-state index contributed by atoms with van der Waals surface area (Å²) in [4.78, 5) is 0. The van der Waals surface area contributed by atoms with Gasteiger partial charge in [-0.05, 0) is 0 Å². The molecule has 0 aliphatic heterocycles. The molecule has 0 amide bonds. The largest absolute Gasteiger partial charge is 4.00 e. The number of fused-ring (bicyclic) bond motifs is 8. The second-order valence-electron chi connectivity index (χ2n) is 11.6. The van der Waals surface area contributed by atoms with E-state index < -0.39 is 0 Å². The van der Waals surface area contributed by atoms with Crippen LogP contribution in [-0.4, -0.2) is 0 Å². The molecule has 0 N–H and O–H groups in total. The molecule has 0 aromatic heterocycles. The summed E-state index contributed by atoms with van der Waals surface area (Å²) in [5.74, 6) is 12.0. The average molecular weight is 472 g/mol. The van der Waals surface area contributed by atoms with Gasteiger partial charge in [0.25, 0.3) is 0 Å². The molecule has 0 spiro atoms. The van der Waals surface area contributed by atoms with Crippen molar-refractivity contribution in [2.24, 2.45) is 23.7 Å². The van der Waals surface area contributed by atoms with E-state index in [4.69, 9.17) is 0 Å². The van der Waals surface area contributed by atoms with Crippen LogP contribution in [0, 0.1) is 47.3 Å². The second-order valence-corrected chi connectivity index (χ2v) is 11.6. The molecule has 0 aromatic rings. The van der Waals surface area contributed by atoms with Crippen molar-refractivity contribution in [2.45, 2.75) is 128 Å². The fraction of sp³-hybridized carbons (Fsp3) is 0.857. The molecule has 0 saturated heterocycles. The molecule has 8 fully saturated rings. The Morgan fingerprint density at radius 2 is 0.483 bits per heavy atom. The summed E-state index contributed by atoms with van der Waals surface area (Å²) in [6.45, 7) is 0. The van der Waals surface area contributed by atoms with Crippen LogP contribution < -0.4 is 0 Å². The van der Waals surface area contributed by atoms with Crippen LogP contribution in [0.5, 0.6) is 0 Å². The first-order valence-corrected chi connectivity index (χ1v) is 13.1. The summed E-state index contributed by atoms with van der Waals surface area (Å²) < 4.78 is 0. The molecule has 29 heavy (non-hydrogen) atoms. The standard InChI is InChI=1S/4C7H11.Zr/c4*1-2-7-4-3-6(1)5-7;/h4*6H,1-5H2;/q4*-1;+4. The maximum absolute atomic E-state index is 1.87. The molecule has 0 radical (unpaired) electrons. The van der Waals surface area contributed by atoms with Gasteiger partial charge in [-0.3, -0.25) is 0 Å². The number of hydrogen-bond acceptors (Lipinski definition) is 0. The van der Waals surface area contributed by atoms with Crippen molar-refractivity contribution in [3.63, 3.8) is 0 Å². The van der Waals surface area contributed by atoms with Crippen LogP contribution in [0.1, 0.15) is 128 Å². The third-order valence-electron chi connectivity index (χ3n) is 9.56. The zero-order chi connectivity index (χ0) is 18.8. The van der Waals surface area contributed by atoms with Gasteiger partial charge in [-0.15, -0.1) is 0 Å². The quantitative estimate of drug-likeness (QED) is 0.310. The molecular weight excluding hydrogens is 428 g/mol. The summed E-state index contributed by atoms with van der Waals surface area (Å²) in [5.41, 5.74) is 0. The van der Waals surface area contributed by atoms with Gasteiger partial charge in [0.15, 0.2) is 0 Å². The normalized spacial score (nSPS) is 31.4. The van der Waals surface area contributed by atoms with Crippen molar-refractivity contribution in [3.8, 4) is 0 Å². The Morgan fingerprint density at radius 3 is 0.517 bits per heavy atom. The molecule has 1 heteroatoms. The van der Waals surface area contributed by atoms with Gasteiger partial charge in [-0.25, -0.2) is 0 Å². The number of rotatable bonds is 0. The predicted molar refractivity (Wildman–Crippen MR) is 119 cm³/mol. The van der Waals surface area contributed by atoms with E-state index in [9.17, 15) is 0 Å². The summed E-state index contributed by atoms with van der Waals surface area (Å²) in [7, 11) is 0. The molecule has 8 rings (SSSR count). The van der Waals surface area contributed by atoms with E-state index in [1.165, 1.54) is 128 Å². The molecule has 0 aromatic carbocycles. The second kappa shape index (κ2) is 11.1. The third-order valence-corrected chi connectivity index (χ3v) is 9.56. The summed E-state index contributed by atoms with van der Waals surface area (Å²) >= 11 is 0. The first-order valence-electron chi connectivity index (χ1n) is 13.1. The van der Waals surface area contributed by atoms with Gasteiger partial charge < -0.3 is 23.7 Å². The van der Waals surface area contributed by atoms with Gasteiger partial charge in [0.05, 0.1) is 0 Å². The van der Waals surface area contributed by atoms with Gasteiger partial charge >= 0.3 is 26.2 Å². The molecule has 8 saturated carbocycles. The smallest absolute Gasteiger partial charge is 0.313 e. The van der Waals surface area contributed by atoms with Crippen LogP contribution >= 0.6 is 0 Å². The minimum Gasteiger partial charge on any atom is -0.313 e. The van der Waals surface area contributed by atoms with Crippen molar-refractivity contribution in [1.29, 1.82) is 0 Å². The van der Waals surface area contributed by atoms with Gasteiger partial charge in [0, 0.05) is 0 Å². The van der Waals surface area contributed by atoms with E-state index in [0.29, 0.717) is 0 Å². The Labute approximate surface area is 201 Å². The molecule has 8 bridgehead atoms. The SMILES string of the molecule is C1CC2CC[C-]1C2.C1CC2CC[C-]1C2.C1CC2CC[C-]1C2.C1CC2CC[C-]1C2.[Zr+4]. The molecule has 0 unspecified atom stereocenters. The monoisotopic (exact) mass is 470 g/mol. The summed E-state index contributed by atoms with van der Waals surface area (Å²) in [6, 6.07) is 0. The first-order chi connectivity index (χ1) is 13.8. The molecule has 160 valence electrons. The Kier molecular flexibility index (Phi) is 8.86. The van der Waals surface area contributed by atoms with Crippen LogP contribution in [-0.2, 0) is 26.2 Å². The molecular formula is C28H44Zr. The predicted octanol–water partition coefficient (Wildman–Crippen LogP) is 8.62. The van der Waals surface area contributed by atoms with E-state index in [2.05, 4.69) is 0 Å². The molecule has 0 atom stereocenters. The van der Waals surface area contributed by atoms with Gasteiger partial charge in [-0.2, -0.15) is 77.0 Å². The van der Waals surface area contributed by atoms with Crippen LogP contribution in [0.4, 0.5) is 0 Å². The molecule has 0 nitrogen and oxygen atoms in total. The minimum absolute atomic E-state index is 0. The van der Waals surface area contributed by atoms with E-state index in [-0.39, 0.29) is 26.2 Å². The Balaban J connectivity index is 0.0000000931. The molecule has 8 aliphatic carbocycles. The van der Waals surface area contributed by atoms with Gasteiger partial charge in [0.1, 0.15) is 0 Å². The van der Waals surface area contributed by atoms with Gasteiger partial charge in [0.2, 0.25) is 0 Å². The van der Waals surface area contributed by atoms with E-state index >= 15 is 0 Å². The minimum atomic E-state index is 0. The summed E-state index contributed by atoms with van der Waals surface area (Å²) in [5, 5.41) is 0. The third kappa shape index (κ3) is 6.45. The van der Waals surface area contributed by atoms with Crippen LogP contribution in [0.15, 0.2) is 0 Å². The fourth-order valence-electron chi connectivity index (χ4n) is 7.61. The maximum atomic E-state index is 1.87. The van der Waals surface area contributed by atoms with E-state index in [1.54, 1.807) is 0 Å². The van der Waals surface area contributed by atoms with E-state index in [0.717, 1.165) is 23.7 Å². The van der Waals surface area contributed by atoms with Crippen LogP contribution in [0.25, 0.3) is 0 Å². The Bertz CT molecular complexity index is 327. The number of hydrogen-bond donors (Lipinski definition) is 0. The zero-order valence-electron chi connectivity index (χ0n) is 19.0. The van der Waals surface area contributed by atoms with Crippen molar-refractivity contribution in [1.82, 2.24) is 0 Å². The molecule has 8 aliphatic rings. The van der Waals surface area contributed by atoms with Crippen molar-refractivity contribution in [2.75, 3.05) is 0 Å². The Hall–Kier alpha value is 0.883. The zero-order valence-corrected chi connectivity index (χ0v) is 21.4. The van der Waals surface area contributed by atoms with Crippen LogP contribution in [0.3, 0.4) is 0 Å². The van der Waals surface area contributed by atoms with Crippen LogP contribution in [0.2, 0.25) is 0 Å². The average Bonchev–Trinajstić information content (AvgIpc) is 3.63. The maximum Gasteiger partial charge on any atom is 4.00 e. The fourth-order valence-corrected chi connectivity index (χ4v) is 7.61. The Morgan fingerprint density at radius 1 is 0.310 bits per heavy atom. The summed E-state index contributed by atoms with van der Waals surface area (Å²) in [6.07, 6.45) is 30.0. The van der Waals surface area contributed by atoms with Gasteiger partial charge in [-0.1, -0.05) is 75.0 Å². The van der Waals surface area contributed by atoms with Crippen molar-refractivity contribution in [3.05, 3.63) is 23.7 Å².